The summed E-state index contributed by atoms with van der Waals surface area (Å²) in [4.78, 5) is 23.1. The molecule has 0 aromatic carbocycles. The molecule has 20 heavy (non-hydrogen) atoms. The van der Waals surface area contributed by atoms with Crippen LogP contribution in [0.1, 0.15) is 68.2 Å². The number of amides is 1. The maximum atomic E-state index is 12.6. The van der Waals surface area contributed by atoms with Gasteiger partial charge in [0.15, 0.2) is 5.69 Å². The molecule has 0 radical (unpaired) electrons. The summed E-state index contributed by atoms with van der Waals surface area (Å²) in [6.07, 6.45) is 7.32. The minimum Gasteiger partial charge on any atom is -0.337 e. The van der Waals surface area contributed by atoms with E-state index in [0.717, 1.165) is 25.9 Å². The topological polar surface area (TPSA) is 46.1 Å². The molecule has 0 atom stereocenters. The predicted octanol–water partition coefficient (Wildman–Crippen LogP) is 3.66. The smallest absolute Gasteiger partial charge is 0.274 e. The standard InChI is InChI=1S/C15H22ClN3O/c1-11(2)14-17-10-12(16)13(18-14)15(20)19-8-6-4-3-5-7-9-19/h10-11H,3-9H2,1-2H3. The summed E-state index contributed by atoms with van der Waals surface area (Å²) in [6, 6.07) is 0. The van der Waals surface area contributed by atoms with E-state index in [4.69, 9.17) is 11.6 Å². The molecule has 0 spiro atoms. The van der Waals surface area contributed by atoms with Crippen molar-refractivity contribution >= 4 is 17.5 Å². The maximum absolute atomic E-state index is 12.6. The highest BCUT2D eigenvalue weighted by molar-refractivity contribution is 6.33. The van der Waals surface area contributed by atoms with E-state index in [0.29, 0.717) is 16.5 Å². The number of nitrogens with zero attached hydrogens (tertiary/aromatic N) is 3. The molecule has 5 heteroatoms. The number of hydrogen-bond acceptors (Lipinski definition) is 3. The van der Waals surface area contributed by atoms with Crippen molar-refractivity contribution in [1.29, 1.82) is 0 Å². The summed E-state index contributed by atoms with van der Waals surface area (Å²) in [5.74, 6) is 0.803. The summed E-state index contributed by atoms with van der Waals surface area (Å²) in [5.41, 5.74) is 0.353. The van der Waals surface area contributed by atoms with Crippen LogP contribution in [0.15, 0.2) is 6.20 Å². The van der Waals surface area contributed by atoms with Crippen LogP contribution in [0.5, 0.6) is 0 Å². The Kier molecular flexibility index (Phi) is 5.35. The molecule has 1 saturated heterocycles. The maximum Gasteiger partial charge on any atom is 0.274 e. The molecule has 0 N–H and O–H groups in total. The van der Waals surface area contributed by atoms with Gasteiger partial charge >= 0.3 is 0 Å². The molecule has 1 fully saturated rings. The lowest BCUT2D eigenvalue weighted by molar-refractivity contribution is 0.0736. The summed E-state index contributed by atoms with van der Waals surface area (Å²) in [6.45, 7) is 5.62. The summed E-state index contributed by atoms with van der Waals surface area (Å²) < 4.78 is 0. The number of hydrogen-bond donors (Lipinski definition) is 0. The van der Waals surface area contributed by atoms with E-state index in [1.807, 2.05) is 18.7 Å². The molecule has 110 valence electrons. The molecule has 1 amide bonds. The first-order valence-electron chi connectivity index (χ1n) is 7.41. The van der Waals surface area contributed by atoms with Crippen molar-refractivity contribution in [3.05, 3.63) is 22.7 Å². The van der Waals surface area contributed by atoms with Crippen molar-refractivity contribution in [3.8, 4) is 0 Å². The number of halogens is 1. The third-order valence-electron chi connectivity index (χ3n) is 3.62. The second-order valence-electron chi connectivity index (χ2n) is 5.64. The van der Waals surface area contributed by atoms with Crippen molar-refractivity contribution in [2.45, 2.75) is 51.9 Å². The average Bonchev–Trinajstić information content (AvgIpc) is 2.38. The van der Waals surface area contributed by atoms with Gasteiger partial charge in [-0.3, -0.25) is 4.79 Å². The molecular weight excluding hydrogens is 274 g/mol. The molecule has 0 bridgehead atoms. The van der Waals surface area contributed by atoms with Crippen LogP contribution in [0.3, 0.4) is 0 Å². The number of likely N-dealkylation sites (tertiary alicyclic amines) is 1. The lowest BCUT2D eigenvalue weighted by Gasteiger charge is -2.24. The van der Waals surface area contributed by atoms with E-state index in [9.17, 15) is 4.79 Å². The summed E-state index contributed by atoms with van der Waals surface area (Å²) in [7, 11) is 0. The Hall–Kier alpha value is -1.16. The molecule has 4 nitrogen and oxygen atoms in total. The van der Waals surface area contributed by atoms with Gasteiger partial charge in [-0.1, -0.05) is 44.7 Å². The molecule has 1 aliphatic rings. The zero-order chi connectivity index (χ0) is 14.5. The Morgan fingerprint density at radius 2 is 1.80 bits per heavy atom. The first kappa shape index (κ1) is 15.2. The quantitative estimate of drug-likeness (QED) is 0.836. The van der Waals surface area contributed by atoms with Crippen LogP contribution >= 0.6 is 11.6 Å². The molecule has 2 rings (SSSR count). The zero-order valence-corrected chi connectivity index (χ0v) is 13.0. The minimum atomic E-state index is -0.0544. The van der Waals surface area contributed by atoms with E-state index in [1.165, 1.54) is 19.3 Å². The van der Waals surface area contributed by atoms with E-state index < -0.39 is 0 Å². The van der Waals surface area contributed by atoms with Gasteiger partial charge in [0.05, 0.1) is 11.2 Å². The van der Waals surface area contributed by atoms with Crippen LogP contribution in [-0.2, 0) is 0 Å². The average molecular weight is 296 g/mol. The van der Waals surface area contributed by atoms with Gasteiger partial charge in [-0.05, 0) is 12.8 Å². The van der Waals surface area contributed by atoms with Crippen LogP contribution in [-0.4, -0.2) is 33.9 Å². The normalized spacial score (nSPS) is 16.9. The molecule has 1 aromatic heterocycles. The zero-order valence-electron chi connectivity index (χ0n) is 12.2. The van der Waals surface area contributed by atoms with E-state index in [2.05, 4.69) is 9.97 Å². The lowest BCUT2D eigenvalue weighted by Crippen LogP contribution is -2.34. The number of carbonyl (C=O) groups excluding carboxylic acids is 1. The Morgan fingerprint density at radius 3 is 2.40 bits per heavy atom. The van der Waals surface area contributed by atoms with Gasteiger partial charge in [0, 0.05) is 19.0 Å². The Bertz CT molecular complexity index is 468. The number of aromatic nitrogens is 2. The van der Waals surface area contributed by atoms with Crippen LogP contribution < -0.4 is 0 Å². The fourth-order valence-corrected chi connectivity index (χ4v) is 2.58. The van der Waals surface area contributed by atoms with Gasteiger partial charge < -0.3 is 4.90 Å². The van der Waals surface area contributed by atoms with E-state index in [1.54, 1.807) is 6.20 Å². The van der Waals surface area contributed by atoms with Crippen molar-refractivity contribution in [3.63, 3.8) is 0 Å². The minimum absolute atomic E-state index is 0.0544. The van der Waals surface area contributed by atoms with Gasteiger partial charge in [-0.2, -0.15) is 0 Å². The van der Waals surface area contributed by atoms with Crippen molar-refractivity contribution in [2.75, 3.05) is 13.1 Å². The van der Waals surface area contributed by atoms with Gasteiger partial charge in [0.25, 0.3) is 5.91 Å². The highest BCUT2D eigenvalue weighted by Crippen LogP contribution is 2.19. The van der Waals surface area contributed by atoms with Crippen molar-refractivity contribution in [1.82, 2.24) is 14.9 Å². The van der Waals surface area contributed by atoms with Crippen LogP contribution in [0.2, 0.25) is 5.02 Å². The molecule has 1 aromatic rings. The highest BCUT2D eigenvalue weighted by Gasteiger charge is 2.21. The Balaban J connectivity index is 2.20. The predicted molar refractivity (Wildman–Crippen MR) is 80.1 cm³/mol. The molecule has 0 saturated carbocycles. The van der Waals surface area contributed by atoms with Crippen LogP contribution in [0, 0.1) is 0 Å². The van der Waals surface area contributed by atoms with Crippen LogP contribution in [0.25, 0.3) is 0 Å². The van der Waals surface area contributed by atoms with Gasteiger partial charge in [0.1, 0.15) is 5.82 Å². The third-order valence-corrected chi connectivity index (χ3v) is 3.90. The second kappa shape index (κ2) is 7.02. The Morgan fingerprint density at radius 1 is 1.20 bits per heavy atom. The third kappa shape index (κ3) is 3.69. The molecule has 0 aliphatic carbocycles. The van der Waals surface area contributed by atoms with Gasteiger partial charge in [0.2, 0.25) is 0 Å². The second-order valence-corrected chi connectivity index (χ2v) is 6.05. The first-order chi connectivity index (χ1) is 9.59. The van der Waals surface area contributed by atoms with Gasteiger partial charge in [-0.15, -0.1) is 0 Å². The van der Waals surface area contributed by atoms with Crippen molar-refractivity contribution < 1.29 is 4.79 Å². The monoisotopic (exact) mass is 295 g/mol. The van der Waals surface area contributed by atoms with Gasteiger partial charge in [-0.25, -0.2) is 9.97 Å². The lowest BCUT2D eigenvalue weighted by atomic mass is 10.1. The summed E-state index contributed by atoms with van der Waals surface area (Å²) in [5, 5.41) is 0.349. The molecular formula is C15H22ClN3O. The first-order valence-corrected chi connectivity index (χ1v) is 7.79. The fourth-order valence-electron chi connectivity index (χ4n) is 2.41. The summed E-state index contributed by atoms with van der Waals surface area (Å²) >= 11 is 6.12. The number of carbonyl (C=O) groups is 1. The van der Waals surface area contributed by atoms with Crippen molar-refractivity contribution in [2.24, 2.45) is 0 Å². The SMILES string of the molecule is CC(C)c1ncc(Cl)c(C(=O)N2CCCCCCC2)n1. The van der Waals surface area contributed by atoms with E-state index in [-0.39, 0.29) is 11.8 Å². The Labute approximate surface area is 125 Å². The largest absolute Gasteiger partial charge is 0.337 e. The molecule has 2 heterocycles. The fraction of sp³-hybridized carbons (Fsp3) is 0.667. The van der Waals surface area contributed by atoms with E-state index >= 15 is 0 Å². The highest BCUT2D eigenvalue weighted by atomic mass is 35.5. The molecule has 1 aliphatic heterocycles. The molecule has 0 unspecified atom stereocenters. The van der Waals surface area contributed by atoms with Crippen LogP contribution in [0.4, 0.5) is 0 Å². The number of rotatable bonds is 2.